The zero-order chi connectivity index (χ0) is 14.5. The highest BCUT2D eigenvalue weighted by Crippen LogP contribution is 2.18. The van der Waals surface area contributed by atoms with Gasteiger partial charge in [-0.3, -0.25) is 9.78 Å². The first-order chi connectivity index (χ1) is 9.65. The first kappa shape index (κ1) is 14.5. The SMILES string of the molecule is CCc1ccsc1CNC(=O)c1cnc(C)cc1NC. The molecule has 0 aromatic carbocycles. The molecular formula is C15H19N3OS. The van der Waals surface area contributed by atoms with Crippen molar-refractivity contribution >= 4 is 22.9 Å². The largest absolute Gasteiger partial charge is 0.387 e. The molecule has 2 heterocycles. The van der Waals surface area contributed by atoms with E-state index in [2.05, 4.69) is 34.0 Å². The third-order valence-corrected chi connectivity index (χ3v) is 4.15. The summed E-state index contributed by atoms with van der Waals surface area (Å²) in [6.07, 6.45) is 2.61. The summed E-state index contributed by atoms with van der Waals surface area (Å²) in [5, 5.41) is 8.06. The molecule has 1 amide bonds. The Labute approximate surface area is 123 Å². The van der Waals surface area contributed by atoms with Crippen LogP contribution in [0.15, 0.2) is 23.7 Å². The lowest BCUT2D eigenvalue weighted by Crippen LogP contribution is -2.24. The average molecular weight is 289 g/mol. The molecule has 5 heteroatoms. The molecule has 106 valence electrons. The number of anilines is 1. The summed E-state index contributed by atoms with van der Waals surface area (Å²) in [4.78, 5) is 17.6. The molecule has 2 N–H and O–H groups in total. The van der Waals surface area contributed by atoms with Gasteiger partial charge >= 0.3 is 0 Å². The van der Waals surface area contributed by atoms with E-state index in [-0.39, 0.29) is 5.91 Å². The lowest BCUT2D eigenvalue weighted by atomic mass is 10.2. The smallest absolute Gasteiger partial charge is 0.255 e. The van der Waals surface area contributed by atoms with Gasteiger partial charge in [-0.25, -0.2) is 0 Å². The van der Waals surface area contributed by atoms with E-state index in [0.29, 0.717) is 12.1 Å². The molecule has 0 aliphatic carbocycles. The standard InChI is InChI=1S/C15H19N3OS/c1-4-11-5-6-20-14(11)9-18-15(19)12-8-17-10(2)7-13(12)16-3/h5-8H,4,9H2,1-3H3,(H,16,17)(H,18,19). The number of hydrogen-bond acceptors (Lipinski definition) is 4. The molecule has 0 radical (unpaired) electrons. The summed E-state index contributed by atoms with van der Waals surface area (Å²) < 4.78 is 0. The average Bonchev–Trinajstić information content (AvgIpc) is 2.92. The van der Waals surface area contributed by atoms with Crippen molar-refractivity contribution in [2.24, 2.45) is 0 Å². The van der Waals surface area contributed by atoms with Crippen LogP contribution in [-0.2, 0) is 13.0 Å². The summed E-state index contributed by atoms with van der Waals surface area (Å²) in [6.45, 7) is 4.59. The summed E-state index contributed by atoms with van der Waals surface area (Å²) in [5.74, 6) is -0.0997. The summed E-state index contributed by atoms with van der Waals surface area (Å²) in [7, 11) is 1.81. The van der Waals surface area contributed by atoms with E-state index in [1.54, 1.807) is 24.6 Å². The van der Waals surface area contributed by atoms with Crippen LogP contribution in [0.25, 0.3) is 0 Å². The molecule has 0 fully saturated rings. The van der Waals surface area contributed by atoms with Gasteiger partial charge in [0.25, 0.3) is 5.91 Å². The first-order valence-electron chi connectivity index (χ1n) is 6.63. The second kappa shape index (κ2) is 6.52. The number of nitrogens with one attached hydrogen (secondary N) is 2. The Kier molecular flexibility index (Phi) is 4.74. The Morgan fingerprint density at radius 2 is 2.25 bits per heavy atom. The second-order valence-corrected chi connectivity index (χ2v) is 5.53. The number of pyridine rings is 1. The number of nitrogens with zero attached hydrogens (tertiary/aromatic N) is 1. The number of amides is 1. The molecule has 0 atom stereocenters. The quantitative estimate of drug-likeness (QED) is 0.889. The van der Waals surface area contributed by atoms with Crippen LogP contribution in [0.1, 0.15) is 33.4 Å². The van der Waals surface area contributed by atoms with E-state index in [9.17, 15) is 4.79 Å². The highest BCUT2D eigenvalue weighted by Gasteiger charge is 2.12. The molecule has 0 saturated carbocycles. The number of thiophene rings is 1. The first-order valence-corrected chi connectivity index (χ1v) is 7.51. The van der Waals surface area contributed by atoms with Crippen LogP contribution in [0, 0.1) is 6.92 Å². The fourth-order valence-corrected chi connectivity index (χ4v) is 2.96. The van der Waals surface area contributed by atoms with Gasteiger partial charge in [-0.05, 0) is 36.4 Å². The van der Waals surface area contributed by atoms with Crippen LogP contribution >= 0.6 is 11.3 Å². The van der Waals surface area contributed by atoms with Gasteiger partial charge in [0.15, 0.2) is 0 Å². The van der Waals surface area contributed by atoms with Crippen molar-refractivity contribution in [2.45, 2.75) is 26.8 Å². The van der Waals surface area contributed by atoms with Gasteiger partial charge in [0.05, 0.1) is 17.8 Å². The van der Waals surface area contributed by atoms with Crippen LogP contribution in [0.4, 0.5) is 5.69 Å². The lowest BCUT2D eigenvalue weighted by Gasteiger charge is -2.10. The predicted octanol–water partition coefficient (Wildman–Crippen LogP) is 2.99. The maximum atomic E-state index is 12.2. The fourth-order valence-electron chi connectivity index (χ4n) is 2.04. The van der Waals surface area contributed by atoms with E-state index in [1.165, 1.54) is 10.4 Å². The van der Waals surface area contributed by atoms with E-state index in [0.717, 1.165) is 17.8 Å². The summed E-state index contributed by atoms with van der Waals surface area (Å²) in [5.41, 5.74) is 3.56. The zero-order valence-corrected chi connectivity index (χ0v) is 12.8. The van der Waals surface area contributed by atoms with E-state index in [4.69, 9.17) is 0 Å². The molecule has 2 rings (SSSR count). The molecule has 4 nitrogen and oxygen atoms in total. The molecule has 0 unspecified atom stereocenters. The second-order valence-electron chi connectivity index (χ2n) is 4.53. The molecule has 0 aliphatic heterocycles. The van der Waals surface area contributed by atoms with Gasteiger partial charge < -0.3 is 10.6 Å². The van der Waals surface area contributed by atoms with E-state index < -0.39 is 0 Å². The Hall–Kier alpha value is -1.88. The van der Waals surface area contributed by atoms with Gasteiger partial charge in [-0.1, -0.05) is 6.92 Å². The van der Waals surface area contributed by atoms with Gasteiger partial charge in [0.2, 0.25) is 0 Å². The Morgan fingerprint density at radius 3 is 2.95 bits per heavy atom. The molecular weight excluding hydrogens is 270 g/mol. The number of rotatable bonds is 5. The Bertz CT molecular complexity index is 607. The molecule has 2 aromatic rings. The monoisotopic (exact) mass is 289 g/mol. The number of carbonyl (C=O) groups is 1. The van der Waals surface area contributed by atoms with Crippen LogP contribution in [0.5, 0.6) is 0 Å². The van der Waals surface area contributed by atoms with Crippen molar-refractivity contribution in [3.05, 3.63) is 45.4 Å². The van der Waals surface area contributed by atoms with Gasteiger partial charge in [-0.15, -0.1) is 11.3 Å². The molecule has 20 heavy (non-hydrogen) atoms. The van der Waals surface area contributed by atoms with Gasteiger partial charge in [0.1, 0.15) is 0 Å². The Balaban J connectivity index is 2.09. The van der Waals surface area contributed by atoms with Crippen molar-refractivity contribution in [2.75, 3.05) is 12.4 Å². The molecule has 2 aromatic heterocycles. The van der Waals surface area contributed by atoms with Crippen molar-refractivity contribution in [1.29, 1.82) is 0 Å². The van der Waals surface area contributed by atoms with E-state index >= 15 is 0 Å². The maximum Gasteiger partial charge on any atom is 0.255 e. The van der Waals surface area contributed by atoms with Crippen molar-refractivity contribution < 1.29 is 4.79 Å². The third-order valence-electron chi connectivity index (χ3n) is 3.18. The maximum absolute atomic E-state index is 12.2. The minimum Gasteiger partial charge on any atom is -0.387 e. The fraction of sp³-hybridized carbons (Fsp3) is 0.333. The highest BCUT2D eigenvalue weighted by molar-refractivity contribution is 7.10. The topological polar surface area (TPSA) is 54.0 Å². The van der Waals surface area contributed by atoms with Crippen LogP contribution in [0.2, 0.25) is 0 Å². The molecule has 0 aliphatic rings. The van der Waals surface area contributed by atoms with E-state index in [1.807, 2.05) is 13.0 Å². The summed E-state index contributed by atoms with van der Waals surface area (Å²) in [6, 6.07) is 3.98. The van der Waals surface area contributed by atoms with Crippen LogP contribution in [-0.4, -0.2) is 17.9 Å². The number of carbonyl (C=O) groups excluding carboxylic acids is 1. The molecule has 0 spiro atoms. The van der Waals surface area contributed by atoms with Gasteiger partial charge in [-0.2, -0.15) is 0 Å². The number of hydrogen-bond donors (Lipinski definition) is 2. The lowest BCUT2D eigenvalue weighted by molar-refractivity contribution is 0.0951. The summed E-state index contributed by atoms with van der Waals surface area (Å²) >= 11 is 1.68. The molecule has 0 bridgehead atoms. The van der Waals surface area contributed by atoms with Crippen LogP contribution in [0.3, 0.4) is 0 Å². The van der Waals surface area contributed by atoms with Crippen LogP contribution < -0.4 is 10.6 Å². The third kappa shape index (κ3) is 3.17. The van der Waals surface area contributed by atoms with Crippen molar-refractivity contribution in [1.82, 2.24) is 10.3 Å². The highest BCUT2D eigenvalue weighted by atomic mass is 32.1. The zero-order valence-electron chi connectivity index (χ0n) is 12.0. The minimum absolute atomic E-state index is 0.0997. The number of aryl methyl sites for hydroxylation is 2. The van der Waals surface area contributed by atoms with Crippen molar-refractivity contribution in [3.8, 4) is 0 Å². The normalized spacial score (nSPS) is 10.3. The van der Waals surface area contributed by atoms with Crippen molar-refractivity contribution in [3.63, 3.8) is 0 Å². The predicted molar refractivity (Wildman–Crippen MR) is 83.4 cm³/mol. The number of aromatic nitrogens is 1. The van der Waals surface area contributed by atoms with Gasteiger partial charge in [0, 0.05) is 23.8 Å². The molecule has 0 saturated heterocycles. The minimum atomic E-state index is -0.0997. The Morgan fingerprint density at radius 1 is 1.45 bits per heavy atom.